The van der Waals surface area contributed by atoms with E-state index in [4.69, 9.17) is 18.9 Å². The Labute approximate surface area is 412 Å². The fourth-order valence-electron chi connectivity index (χ4n) is 9.41. The second-order valence-corrected chi connectivity index (χ2v) is 20.1. The summed E-state index contributed by atoms with van der Waals surface area (Å²) in [6.07, 6.45) is 28.1. The highest BCUT2D eigenvalue weighted by atomic mass is 16.7. The van der Waals surface area contributed by atoms with E-state index in [0.29, 0.717) is 6.42 Å². The molecule has 1 amide bonds. The van der Waals surface area contributed by atoms with Gasteiger partial charge in [0.25, 0.3) is 0 Å². The number of aliphatic hydroxyl groups is 8. The number of ether oxygens (including phenoxy) is 4. The van der Waals surface area contributed by atoms with Crippen LogP contribution in [0.1, 0.15) is 232 Å². The molecule has 12 unspecified atom stereocenters. The maximum atomic E-state index is 13.2. The van der Waals surface area contributed by atoms with Gasteiger partial charge in [-0.2, -0.15) is 0 Å². The summed E-state index contributed by atoms with van der Waals surface area (Å²) in [5, 5.41) is 86.9. The Morgan fingerprint density at radius 2 is 0.912 bits per heavy atom. The summed E-state index contributed by atoms with van der Waals surface area (Å²) in [6.45, 7) is 2.81. The third-order valence-electron chi connectivity index (χ3n) is 14.0. The van der Waals surface area contributed by atoms with Crippen molar-refractivity contribution in [2.24, 2.45) is 0 Å². The van der Waals surface area contributed by atoms with E-state index < -0.39 is 86.8 Å². The normalized spacial score (nSPS) is 26.4. The monoisotopic (exact) mass is 974 g/mol. The lowest BCUT2D eigenvalue weighted by Gasteiger charge is -2.46. The van der Waals surface area contributed by atoms with E-state index in [2.05, 4.69) is 19.2 Å². The minimum Gasteiger partial charge on any atom is -0.394 e. The van der Waals surface area contributed by atoms with Crippen molar-refractivity contribution >= 4 is 5.91 Å². The lowest BCUT2D eigenvalue weighted by Crippen LogP contribution is -2.65. The van der Waals surface area contributed by atoms with Crippen LogP contribution in [0.2, 0.25) is 0 Å². The molecular formula is C54H103NO13. The highest BCUT2D eigenvalue weighted by molar-refractivity contribution is 5.76. The molecule has 2 saturated heterocycles. The summed E-state index contributed by atoms with van der Waals surface area (Å²) in [4.78, 5) is 13.2. The van der Waals surface area contributed by atoms with Crippen LogP contribution >= 0.6 is 0 Å². The van der Waals surface area contributed by atoms with Crippen molar-refractivity contribution in [3.05, 3.63) is 12.2 Å². The fourth-order valence-corrected chi connectivity index (χ4v) is 9.41. The number of carbonyl (C=O) groups is 1. The second kappa shape index (κ2) is 41.2. The highest BCUT2D eigenvalue weighted by Crippen LogP contribution is 2.30. The van der Waals surface area contributed by atoms with Crippen molar-refractivity contribution in [1.29, 1.82) is 0 Å². The van der Waals surface area contributed by atoms with E-state index in [0.717, 1.165) is 38.5 Å². The van der Waals surface area contributed by atoms with Gasteiger partial charge in [-0.1, -0.05) is 219 Å². The Balaban J connectivity index is 1.81. The fraction of sp³-hybridized carbons (Fsp3) is 0.944. The van der Waals surface area contributed by atoms with Crippen LogP contribution in [0.5, 0.6) is 0 Å². The van der Waals surface area contributed by atoms with E-state index in [-0.39, 0.29) is 18.9 Å². The standard InChI is InChI=1S/C54H103NO13/c1-3-5-7-9-11-13-15-17-19-20-21-22-24-25-27-29-31-33-35-37-43(58)42(55-46(59)38-36-34-32-30-28-26-23-18-16-14-12-10-8-6-4-2)41-65-53-51(64)49(62)52(45(40-57)67-53)68-54-50(63)48(61)47(60)44(39-56)66-54/h35,37,42-45,47-54,56-58,60-64H,3-34,36,38-41H2,1-2H3,(H,55,59)/b37-35+. The molecule has 14 heteroatoms. The van der Waals surface area contributed by atoms with Crippen LogP contribution in [0, 0.1) is 0 Å². The maximum Gasteiger partial charge on any atom is 0.220 e. The molecule has 0 aromatic carbocycles. The summed E-state index contributed by atoms with van der Waals surface area (Å²) in [7, 11) is 0. The number of aliphatic hydroxyl groups excluding tert-OH is 8. The van der Waals surface area contributed by atoms with Crippen molar-refractivity contribution in [3.8, 4) is 0 Å². The maximum absolute atomic E-state index is 13.2. The average molecular weight is 974 g/mol. The predicted molar refractivity (Wildman–Crippen MR) is 268 cm³/mol. The van der Waals surface area contributed by atoms with Crippen LogP contribution in [0.3, 0.4) is 0 Å². The number of rotatable bonds is 44. The Bertz CT molecular complexity index is 1200. The van der Waals surface area contributed by atoms with Gasteiger partial charge >= 0.3 is 0 Å². The Morgan fingerprint density at radius 3 is 1.35 bits per heavy atom. The number of carbonyl (C=O) groups excluding carboxylic acids is 1. The summed E-state index contributed by atoms with van der Waals surface area (Å²) in [6, 6.07) is -0.908. The van der Waals surface area contributed by atoms with Crippen molar-refractivity contribution in [2.75, 3.05) is 19.8 Å². The van der Waals surface area contributed by atoms with Crippen molar-refractivity contribution in [2.45, 2.75) is 306 Å². The zero-order valence-electron chi connectivity index (χ0n) is 42.9. The number of nitrogens with one attached hydrogen (secondary N) is 1. The predicted octanol–water partition coefficient (Wildman–Crippen LogP) is 8.33. The van der Waals surface area contributed by atoms with Crippen molar-refractivity contribution in [3.63, 3.8) is 0 Å². The van der Waals surface area contributed by atoms with Gasteiger partial charge in [-0.3, -0.25) is 4.79 Å². The molecule has 2 fully saturated rings. The van der Waals surface area contributed by atoms with Gasteiger partial charge in [0.1, 0.15) is 48.8 Å². The van der Waals surface area contributed by atoms with Crippen LogP contribution in [0.4, 0.5) is 0 Å². The molecule has 0 saturated carbocycles. The molecule has 68 heavy (non-hydrogen) atoms. The quantitative estimate of drug-likeness (QED) is 0.0207. The van der Waals surface area contributed by atoms with Gasteiger partial charge in [0, 0.05) is 6.42 Å². The van der Waals surface area contributed by atoms with Gasteiger partial charge in [-0.15, -0.1) is 0 Å². The van der Waals surface area contributed by atoms with E-state index in [9.17, 15) is 45.6 Å². The summed E-state index contributed by atoms with van der Waals surface area (Å²) in [5.74, 6) is -0.236. The van der Waals surface area contributed by atoms with Gasteiger partial charge in [0.15, 0.2) is 12.6 Å². The summed E-state index contributed by atoms with van der Waals surface area (Å²) < 4.78 is 22.7. The van der Waals surface area contributed by atoms with Gasteiger partial charge in [0.05, 0.1) is 32.0 Å². The summed E-state index contributed by atoms with van der Waals surface area (Å²) in [5.41, 5.74) is 0. The molecule has 402 valence electrons. The Hall–Kier alpha value is -1.27. The molecule has 9 N–H and O–H groups in total. The Kier molecular flexibility index (Phi) is 38.1. The molecule has 0 bridgehead atoms. The molecule has 2 aliphatic heterocycles. The van der Waals surface area contributed by atoms with Crippen LogP contribution < -0.4 is 5.32 Å². The SMILES string of the molecule is CCCCCCCCCCCCCCCCCCC/C=C/C(O)C(COC1OC(CO)C(OC2OC(CO)C(O)C(O)C2O)C(O)C1O)NC(=O)CCCCCCCCCCCCCCCCC. The first-order valence-electron chi connectivity index (χ1n) is 27.9. The van der Waals surface area contributed by atoms with E-state index >= 15 is 0 Å². The zero-order chi connectivity index (χ0) is 49.6. The largest absolute Gasteiger partial charge is 0.394 e. The topological polar surface area (TPSA) is 228 Å². The first-order valence-corrected chi connectivity index (χ1v) is 27.9. The second-order valence-electron chi connectivity index (χ2n) is 20.1. The molecule has 12 atom stereocenters. The Morgan fingerprint density at radius 1 is 0.515 bits per heavy atom. The zero-order valence-corrected chi connectivity index (χ0v) is 42.9. The third kappa shape index (κ3) is 27.5. The average Bonchev–Trinajstić information content (AvgIpc) is 3.34. The lowest BCUT2D eigenvalue weighted by molar-refractivity contribution is -0.359. The van der Waals surface area contributed by atoms with Crippen LogP contribution in [-0.2, 0) is 23.7 Å². The van der Waals surface area contributed by atoms with Crippen LogP contribution in [0.25, 0.3) is 0 Å². The van der Waals surface area contributed by atoms with Gasteiger partial charge in [-0.25, -0.2) is 0 Å². The minimum absolute atomic E-state index is 0.236. The summed E-state index contributed by atoms with van der Waals surface area (Å²) >= 11 is 0. The lowest BCUT2D eigenvalue weighted by atomic mass is 9.97. The number of amides is 1. The first-order chi connectivity index (χ1) is 33.1. The number of hydrogen-bond acceptors (Lipinski definition) is 13. The molecule has 2 aliphatic rings. The van der Waals surface area contributed by atoms with Crippen molar-refractivity contribution in [1.82, 2.24) is 5.32 Å². The van der Waals surface area contributed by atoms with Crippen molar-refractivity contribution < 1.29 is 64.6 Å². The highest BCUT2D eigenvalue weighted by Gasteiger charge is 2.51. The van der Waals surface area contributed by atoms with Gasteiger partial charge in [0.2, 0.25) is 5.91 Å². The van der Waals surface area contributed by atoms with Crippen LogP contribution in [0.15, 0.2) is 12.2 Å². The number of unbranched alkanes of at least 4 members (excludes halogenated alkanes) is 31. The smallest absolute Gasteiger partial charge is 0.220 e. The minimum atomic E-state index is -1.78. The molecule has 0 aromatic rings. The van der Waals surface area contributed by atoms with Gasteiger partial charge < -0.3 is 65.1 Å². The molecule has 2 rings (SSSR count). The molecule has 0 spiro atoms. The third-order valence-corrected chi connectivity index (χ3v) is 14.0. The number of allylic oxidation sites excluding steroid dienone is 1. The molecule has 2 heterocycles. The number of hydrogen-bond donors (Lipinski definition) is 9. The molecule has 0 aliphatic carbocycles. The van der Waals surface area contributed by atoms with Gasteiger partial charge in [-0.05, 0) is 19.3 Å². The molecule has 0 aromatic heterocycles. The van der Waals surface area contributed by atoms with E-state index in [1.54, 1.807) is 6.08 Å². The van der Waals surface area contributed by atoms with E-state index in [1.807, 2.05) is 6.08 Å². The van der Waals surface area contributed by atoms with E-state index in [1.165, 1.54) is 167 Å². The molecular weight excluding hydrogens is 871 g/mol. The molecule has 14 nitrogen and oxygen atoms in total. The van der Waals surface area contributed by atoms with Crippen LogP contribution in [-0.4, -0.2) is 140 Å². The first kappa shape index (κ1) is 62.8. The molecule has 0 radical (unpaired) electrons.